The highest BCUT2D eigenvalue weighted by atomic mass is 35.6. The maximum atomic E-state index is 11.7. The van der Waals surface area contributed by atoms with Crippen molar-refractivity contribution in [3.05, 3.63) is 0 Å². The Morgan fingerprint density at radius 1 is 1.44 bits per heavy atom. The Labute approximate surface area is 110 Å². The van der Waals surface area contributed by atoms with Crippen molar-refractivity contribution in [3.63, 3.8) is 0 Å². The van der Waals surface area contributed by atoms with Gasteiger partial charge in [-0.25, -0.2) is 0 Å². The molecular formula is C10H14Cl3NO2. The van der Waals surface area contributed by atoms with E-state index in [1.807, 2.05) is 0 Å². The van der Waals surface area contributed by atoms with Crippen LogP contribution >= 0.6 is 34.8 Å². The lowest BCUT2D eigenvalue weighted by Gasteiger charge is -2.33. The predicted molar refractivity (Wildman–Crippen MR) is 64.9 cm³/mol. The van der Waals surface area contributed by atoms with E-state index in [9.17, 15) is 9.59 Å². The quantitative estimate of drug-likeness (QED) is 0.793. The molecule has 1 rings (SSSR count). The number of hydrogen-bond donors (Lipinski definition) is 1. The summed E-state index contributed by atoms with van der Waals surface area (Å²) in [5, 5.41) is 2.56. The Morgan fingerprint density at radius 3 is 2.50 bits per heavy atom. The molecule has 1 N–H and O–H groups in total. The Kier molecular flexibility index (Phi) is 4.89. The molecular weight excluding hydrogens is 272 g/mol. The Morgan fingerprint density at radius 2 is 2.06 bits per heavy atom. The smallest absolute Gasteiger partial charge is 0.217 e. The molecule has 0 aromatic carbocycles. The summed E-state index contributed by atoms with van der Waals surface area (Å²) in [6.45, 7) is 1.34. The summed E-state index contributed by atoms with van der Waals surface area (Å²) in [7, 11) is 0. The summed E-state index contributed by atoms with van der Waals surface area (Å²) in [6, 6.07) is -0.734. The summed E-state index contributed by atoms with van der Waals surface area (Å²) in [4.78, 5) is 22.8. The summed E-state index contributed by atoms with van der Waals surface area (Å²) < 4.78 is -1.65. The molecule has 1 amide bonds. The highest BCUT2D eigenvalue weighted by molar-refractivity contribution is 6.68. The van der Waals surface area contributed by atoms with Gasteiger partial charge in [0.2, 0.25) is 9.70 Å². The Bertz CT molecular complexity index is 288. The number of halogens is 3. The SMILES string of the molecule is CC(=O)N[C@@H]([C@@H]1CCCCC1=O)C(Cl)(Cl)Cl. The lowest BCUT2D eigenvalue weighted by molar-refractivity contribution is -0.126. The third kappa shape index (κ3) is 3.79. The van der Waals surface area contributed by atoms with E-state index in [2.05, 4.69) is 5.32 Å². The van der Waals surface area contributed by atoms with Crippen molar-refractivity contribution < 1.29 is 9.59 Å². The Balaban J connectivity index is 2.82. The molecule has 1 saturated carbocycles. The average molecular weight is 287 g/mol. The van der Waals surface area contributed by atoms with Crippen LogP contribution in [0.5, 0.6) is 0 Å². The number of Topliss-reactive ketones (excluding diaryl/α,β-unsaturated/α-hetero) is 1. The second kappa shape index (κ2) is 5.56. The Hall–Kier alpha value is 0.01000. The molecule has 0 spiro atoms. The zero-order valence-electron chi connectivity index (χ0n) is 8.93. The van der Waals surface area contributed by atoms with Crippen LogP contribution in [0, 0.1) is 5.92 Å². The number of carbonyl (C=O) groups is 2. The first-order chi connectivity index (χ1) is 7.32. The molecule has 1 aliphatic rings. The summed E-state index contributed by atoms with van der Waals surface area (Å²) in [5.41, 5.74) is 0. The number of ketones is 1. The van der Waals surface area contributed by atoms with Crippen molar-refractivity contribution in [2.45, 2.75) is 42.4 Å². The van der Waals surface area contributed by atoms with Gasteiger partial charge in [-0.3, -0.25) is 9.59 Å². The molecule has 1 fully saturated rings. The predicted octanol–water partition coefficient (Wildman–Crippen LogP) is 2.62. The number of amides is 1. The second-order valence-electron chi connectivity index (χ2n) is 4.04. The first-order valence-electron chi connectivity index (χ1n) is 5.19. The molecule has 0 aromatic rings. The first kappa shape index (κ1) is 14.1. The highest BCUT2D eigenvalue weighted by Crippen LogP contribution is 2.38. The number of rotatable bonds is 2. The van der Waals surface area contributed by atoms with E-state index in [0.717, 1.165) is 12.8 Å². The van der Waals surface area contributed by atoms with Gasteiger partial charge in [-0.15, -0.1) is 0 Å². The van der Waals surface area contributed by atoms with E-state index in [0.29, 0.717) is 12.8 Å². The fourth-order valence-electron chi connectivity index (χ4n) is 1.99. The van der Waals surface area contributed by atoms with E-state index in [-0.39, 0.29) is 17.6 Å². The number of alkyl halides is 3. The number of carbonyl (C=O) groups excluding carboxylic acids is 2. The maximum absolute atomic E-state index is 11.7. The molecule has 6 heteroatoms. The summed E-state index contributed by atoms with van der Waals surface area (Å²) >= 11 is 17.4. The third-order valence-corrected chi connectivity index (χ3v) is 3.42. The van der Waals surface area contributed by atoms with Crippen molar-refractivity contribution in [2.24, 2.45) is 5.92 Å². The van der Waals surface area contributed by atoms with Crippen LogP contribution in [0.2, 0.25) is 0 Å². The molecule has 0 aliphatic heterocycles. The van der Waals surface area contributed by atoms with E-state index in [1.165, 1.54) is 6.92 Å². The second-order valence-corrected chi connectivity index (χ2v) is 6.41. The van der Waals surface area contributed by atoms with Crippen LogP contribution in [-0.4, -0.2) is 21.5 Å². The van der Waals surface area contributed by atoms with E-state index < -0.39 is 9.83 Å². The standard InChI is InChI=1S/C10H14Cl3NO2/c1-6(15)14-9(10(11,12)13)7-4-2-3-5-8(7)16/h7,9H,2-5H2,1H3,(H,14,15)/t7-,9+/m1/s1. The summed E-state index contributed by atoms with van der Waals surface area (Å²) in [5.74, 6) is -0.615. The minimum atomic E-state index is -1.65. The minimum Gasteiger partial charge on any atom is -0.349 e. The zero-order chi connectivity index (χ0) is 12.3. The van der Waals surface area contributed by atoms with Crippen LogP contribution in [0.3, 0.4) is 0 Å². The molecule has 1 aliphatic carbocycles. The molecule has 3 nitrogen and oxygen atoms in total. The number of nitrogens with one attached hydrogen (secondary N) is 1. The van der Waals surface area contributed by atoms with Gasteiger partial charge in [-0.05, 0) is 12.8 Å². The first-order valence-corrected chi connectivity index (χ1v) is 6.32. The van der Waals surface area contributed by atoms with Crippen molar-refractivity contribution >= 4 is 46.5 Å². The monoisotopic (exact) mass is 285 g/mol. The van der Waals surface area contributed by atoms with Crippen LogP contribution in [0.4, 0.5) is 0 Å². The van der Waals surface area contributed by atoms with Gasteiger partial charge in [-0.2, -0.15) is 0 Å². The normalized spacial score (nSPS) is 24.0. The molecule has 0 heterocycles. The molecule has 0 bridgehead atoms. The molecule has 16 heavy (non-hydrogen) atoms. The van der Waals surface area contributed by atoms with E-state index >= 15 is 0 Å². The van der Waals surface area contributed by atoms with Gasteiger partial charge in [-0.1, -0.05) is 41.2 Å². The van der Waals surface area contributed by atoms with Gasteiger partial charge < -0.3 is 5.32 Å². The van der Waals surface area contributed by atoms with Gasteiger partial charge in [0, 0.05) is 19.3 Å². The van der Waals surface area contributed by atoms with Crippen molar-refractivity contribution in [3.8, 4) is 0 Å². The van der Waals surface area contributed by atoms with E-state index in [1.54, 1.807) is 0 Å². The van der Waals surface area contributed by atoms with Gasteiger partial charge >= 0.3 is 0 Å². The van der Waals surface area contributed by atoms with Crippen molar-refractivity contribution in [1.82, 2.24) is 5.32 Å². The molecule has 0 saturated heterocycles. The fraction of sp³-hybridized carbons (Fsp3) is 0.800. The molecule has 92 valence electrons. The van der Waals surface area contributed by atoms with Crippen molar-refractivity contribution in [1.29, 1.82) is 0 Å². The van der Waals surface area contributed by atoms with Gasteiger partial charge in [0.15, 0.2) is 0 Å². The highest BCUT2D eigenvalue weighted by Gasteiger charge is 2.42. The van der Waals surface area contributed by atoms with Crippen molar-refractivity contribution in [2.75, 3.05) is 0 Å². The lowest BCUT2D eigenvalue weighted by Crippen LogP contribution is -2.51. The maximum Gasteiger partial charge on any atom is 0.217 e. The minimum absolute atomic E-state index is 0.0660. The van der Waals surface area contributed by atoms with Gasteiger partial charge in [0.05, 0.1) is 6.04 Å². The van der Waals surface area contributed by atoms with Crippen LogP contribution in [0.1, 0.15) is 32.6 Å². The van der Waals surface area contributed by atoms with Crippen LogP contribution in [0.15, 0.2) is 0 Å². The largest absolute Gasteiger partial charge is 0.349 e. The molecule has 2 atom stereocenters. The third-order valence-electron chi connectivity index (χ3n) is 2.72. The molecule has 0 unspecified atom stereocenters. The fourth-order valence-corrected chi connectivity index (χ4v) is 2.61. The van der Waals surface area contributed by atoms with Crippen LogP contribution < -0.4 is 5.32 Å². The van der Waals surface area contributed by atoms with Gasteiger partial charge in [0.25, 0.3) is 0 Å². The van der Waals surface area contributed by atoms with Gasteiger partial charge in [0.1, 0.15) is 5.78 Å². The van der Waals surface area contributed by atoms with E-state index in [4.69, 9.17) is 34.8 Å². The lowest BCUT2D eigenvalue weighted by atomic mass is 9.83. The summed E-state index contributed by atoms with van der Waals surface area (Å²) in [6.07, 6.45) is 2.97. The van der Waals surface area contributed by atoms with Crippen LogP contribution in [-0.2, 0) is 9.59 Å². The molecule has 0 aromatic heterocycles. The number of hydrogen-bond acceptors (Lipinski definition) is 2. The molecule has 0 radical (unpaired) electrons. The zero-order valence-corrected chi connectivity index (χ0v) is 11.2. The van der Waals surface area contributed by atoms with Crippen LogP contribution in [0.25, 0.3) is 0 Å². The topological polar surface area (TPSA) is 46.2 Å². The average Bonchev–Trinajstić information content (AvgIpc) is 2.13.